The fraction of sp³-hybridized carbons (Fsp3) is 0.923. The smallest absolute Gasteiger partial charge is 0.251 e. The Kier molecular flexibility index (Phi) is 6.52. The Bertz CT molecular complexity index is 223. The topological polar surface area (TPSA) is 41.6 Å². The van der Waals surface area contributed by atoms with Crippen LogP contribution >= 0.6 is 0 Å². The third-order valence-electron chi connectivity index (χ3n) is 3.46. The molecule has 1 fully saturated rings. The van der Waals surface area contributed by atoms with Gasteiger partial charge in [-0.2, -0.15) is 0 Å². The van der Waals surface area contributed by atoms with Gasteiger partial charge in [-0.05, 0) is 52.6 Å². The molecule has 1 atom stereocenters. The number of rotatable bonds is 6. The van der Waals surface area contributed by atoms with E-state index >= 15 is 0 Å². The average Bonchev–Trinajstić information content (AvgIpc) is 2.38. The number of likely N-dealkylation sites (N-methyl/N-ethyl adjacent to an activating group) is 1. The standard InChI is InChI=1S/C13H26N2O2/c1-4-15(5-2)13(16)11(3)17-10-12-6-8-14-9-7-12/h11-12,14H,4-10H2,1-3H3. The molecule has 4 heteroatoms. The monoisotopic (exact) mass is 242 g/mol. The number of nitrogens with zero attached hydrogens (tertiary/aromatic N) is 1. The van der Waals surface area contributed by atoms with Crippen molar-refractivity contribution in [2.75, 3.05) is 32.8 Å². The Balaban J connectivity index is 2.27. The molecule has 0 aromatic carbocycles. The summed E-state index contributed by atoms with van der Waals surface area (Å²) in [5.74, 6) is 0.729. The van der Waals surface area contributed by atoms with Gasteiger partial charge in [0.2, 0.25) is 0 Å². The summed E-state index contributed by atoms with van der Waals surface area (Å²) in [6.07, 6.45) is 2.02. The van der Waals surface area contributed by atoms with Gasteiger partial charge in [0.1, 0.15) is 6.10 Å². The first-order chi connectivity index (χ1) is 8.19. The average molecular weight is 242 g/mol. The van der Waals surface area contributed by atoms with Crippen molar-refractivity contribution in [3.8, 4) is 0 Å². The molecule has 1 unspecified atom stereocenters. The summed E-state index contributed by atoms with van der Waals surface area (Å²) >= 11 is 0. The molecule has 100 valence electrons. The number of carbonyl (C=O) groups excluding carboxylic acids is 1. The molecular weight excluding hydrogens is 216 g/mol. The van der Waals surface area contributed by atoms with Gasteiger partial charge in [0.15, 0.2) is 0 Å². The van der Waals surface area contributed by atoms with Crippen LogP contribution in [0.5, 0.6) is 0 Å². The Morgan fingerprint density at radius 1 is 1.35 bits per heavy atom. The third-order valence-corrected chi connectivity index (χ3v) is 3.46. The van der Waals surface area contributed by atoms with Crippen LogP contribution in [-0.2, 0) is 9.53 Å². The van der Waals surface area contributed by atoms with Crippen molar-refractivity contribution >= 4 is 5.91 Å². The van der Waals surface area contributed by atoms with Gasteiger partial charge in [-0.25, -0.2) is 0 Å². The molecule has 0 aromatic rings. The van der Waals surface area contributed by atoms with Crippen molar-refractivity contribution < 1.29 is 9.53 Å². The third kappa shape index (κ3) is 4.64. The molecule has 1 heterocycles. The van der Waals surface area contributed by atoms with E-state index < -0.39 is 0 Å². The molecule has 0 aliphatic carbocycles. The number of piperidine rings is 1. The minimum atomic E-state index is -0.301. The van der Waals surface area contributed by atoms with Gasteiger partial charge in [0, 0.05) is 13.1 Å². The number of hydrogen-bond acceptors (Lipinski definition) is 3. The molecule has 0 saturated carbocycles. The molecule has 1 aliphatic rings. The molecular formula is C13H26N2O2. The van der Waals surface area contributed by atoms with E-state index in [9.17, 15) is 4.79 Å². The van der Waals surface area contributed by atoms with E-state index in [4.69, 9.17) is 4.74 Å². The zero-order valence-corrected chi connectivity index (χ0v) is 11.4. The minimum absolute atomic E-state index is 0.115. The second-order valence-corrected chi connectivity index (χ2v) is 4.68. The van der Waals surface area contributed by atoms with E-state index in [1.165, 1.54) is 0 Å². The minimum Gasteiger partial charge on any atom is -0.368 e. The van der Waals surface area contributed by atoms with Crippen molar-refractivity contribution in [1.82, 2.24) is 10.2 Å². The summed E-state index contributed by atoms with van der Waals surface area (Å²) in [6.45, 7) is 10.3. The zero-order chi connectivity index (χ0) is 12.7. The van der Waals surface area contributed by atoms with Crippen LogP contribution in [-0.4, -0.2) is 49.7 Å². The highest BCUT2D eigenvalue weighted by molar-refractivity contribution is 5.80. The Labute approximate surface area is 105 Å². The Morgan fingerprint density at radius 2 is 1.94 bits per heavy atom. The van der Waals surface area contributed by atoms with Crippen molar-refractivity contribution in [2.45, 2.75) is 39.7 Å². The van der Waals surface area contributed by atoms with Crippen LogP contribution in [0.4, 0.5) is 0 Å². The summed E-state index contributed by atoms with van der Waals surface area (Å²) in [4.78, 5) is 13.8. The van der Waals surface area contributed by atoms with Gasteiger partial charge in [-0.1, -0.05) is 0 Å². The van der Waals surface area contributed by atoms with Crippen LogP contribution in [0.3, 0.4) is 0 Å². The van der Waals surface area contributed by atoms with Gasteiger partial charge in [0.05, 0.1) is 6.61 Å². The molecule has 0 aromatic heterocycles. The first-order valence-corrected chi connectivity index (χ1v) is 6.80. The predicted octanol–water partition coefficient (Wildman–Crippen LogP) is 1.26. The lowest BCUT2D eigenvalue weighted by molar-refractivity contribution is -0.143. The molecule has 1 amide bonds. The largest absolute Gasteiger partial charge is 0.368 e. The highest BCUT2D eigenvalue weighted by atomic mass is 16.5. The van der Waals surface area contributed by atoms with Crippen molar-refractivity contribution in [2.24, 2.45) is 5.92 Å². The summed E-state index contributed by atoms with van der Waals surface area (Å²) < 4.78 is 5.71. The van der Waals surface area contributed by atoms with Crippen LogP contribution in [0, 0.1) is 5.92 Å². The van der Waals surface area contributed by atoms with Gasteiger partial charge >= 0.3 is 0 Å². The lowest BCUT2D eigenvalue weighted by atomic mass is 9.99. The summed E-state index contributed by atoms with van der Waals surface area (Å²) in [5.41, 5.74) is 0. The fourth-order valence-electron chi connectivity index (χ4n) is 2.19. The highest BCUT2D eigenvalue weighted by Crippen LogP contribution is 2.13. The molecule has 1 rings (SSSR count). The Hall–Kier alpha value is -0.610. The van der Waals surface area contributed by atoms with E-state index in [0.29, 0.717) is 5.92 Å². The van der Waals surface area contributed by atoms with Crippen molar-refractivity contribution in [3.63, 3.8) is 0 Å². The normalized spacial score (nSPS) is 19.0. The molecule has 4 nitrogen and oxygen atoms in total. The van der Waals surface area contributed by atoms with Crippen molar-refractivity contribution in [1.29, 1.82) is 0 Å². The molecule has 1 aliphatic heterocycles. The predicted molar refractivity (Wildman–Crippen MR) is 68.9 cm³/mol. The van der Waals surface area contributed by atoms with Gasteiger partial charge in [0.25, 0.3) is 5.91 Å². The quantitative estimate of drug-likeness (QED) is 0.762. The molecule has 0 bridgehead atoms. The van der Waals surface area contributed by atoms with E-state index in [1.807, 2.05) is 25.7 Å². The summed E-state index contributed by atoms with van der Waals surface area (Å²) in [7, 11) is 0. The maximum Gasteiger partial charge on any atom is 0.251 e. The van der Waals surface area contributed by atoms with Crippen LogP contribution in [0.15, 0.2) is 0 Å². The molecule has 1 saturated heterocycles. The molecule has 0 radical (unpaired) electrons. The summed E-state index contributed by atoms with van der Waals surface area (Å²) in [5, 5.41) is 3.33. The molecule has 17 heavy (non-hydrogen) atoms. The number of carbonyl (C=O) groups is 1. The lowest BCUT2D eigenvalue weighted by Gasteiger charge is -2.26. The second-order valence-electron chi connectivity index (χ2n) is 4.68. The van der Waals surface area contributed by atoms with Crippen LogP contribution in [0.1, 0.15) is 33.6 Å². The van der Waals surface area contributed by atoms with Crippen molar-refractivity contribution in [3.05, 3.63) is 0 Å². The Morgan fingerprint density at radius 3 is 2.47 bits per heavy atom. The van der Waals surface area contributed by atoms with Crippen LogP contribution < -0.4 is 5.32 Å². The van der Waals surface area contributed by atoms with E-state index in [0.717, 1.165) is 45.6 Å². The summed E-state index contributed by atoms with van der Waals surface area (Å²) in [6, 6.07) is 0. The lowest BCUT2D eigenvalue weighted by Crippen LogP contribution is -2.40. The second kappa shape index (κ2) is 7.67. The molecule has 0 spiro atoms. The highest BCUT2D eigenvalue weighted by Gasteiger charge is 2.21. The van der Waals surface area contributed by atoms with E-state index in [-0.39, 0.29) is 12.0 Å². The maximum atomic E-state index is 12.0. The van der Waals surface area contributed by atoms with Crippen LogP contribution in [0.2, 0.25) is 0 Å². The van der Waals surface area contributed by atoms with Gasteiger partial charge in [-0.3, -0.25) is 4.79 Å². The van der Waals surface area contributed by atoms with Gasteiger partial charge in [-0.15, -0.1) is 0 Å². The first kappa shape index (κ1) is 14.5. The number of amides is 1. The van der Waals surface area contributed by atoms with E-state index in [1.54, 1.807) is 0 Å². The number of hydrogen-bond donors (Lipinski definition) is 1. The SMILES string of the molecule is CCN(CC)C(=O)C(C)OCC1CCNCC1. The van der Waals surface area contributed by atoms with Gasteiger partial charge < -0.3 is 15.0 Å². The molecule has 1 N–H and O–H groups in total. The fourth-order valence-corrected chi connectivity index (χ4v) is 2.19. The first-order valence-electron chi connectivity index (χ1n) is 6.80. The van der Waals surface area contributed by atoms with E-state index in [2.05, 4.69) is 5.32 Å². The number of ether oxygens (including phenoxy) is 1. The van der Waals surface area contributed by atoms with Crippen LogP contribution in [0.25, 0.3) is 0 Å². The maximum absolute atomic E-state index is 12.0. The number of nitrogens with one attached hydrogen (secondary N) is 1. The zero-order valence-electron chi connectivity index (χ0n) is 11.4.